The summed E-state index contributed by atoms with van der Waals surface area (Å²) in [4.78, 5) is 6.06. The van der Waals surface area contributed by atoms with Crippen LogP contribution < -0.4 is 10.6 Å². The zero-order chi connectivity index (χ0) is 17.4. The van der Waals surface area contributed by atoms with E-state index in [1.165, 1.54) is 4.88 Å². The van der Waals surface area contributed by atoms with Crippen LogP contribution >= 0.6 is 11.3 Å². The molecular formula is C17H28N6S. The lowest BCUT2D eigenvalue weighted by molar-refractivity contribution is 0.683. The zero-order valence-corrected chi connectivity index (χ0v) is 15.9. The van der Waals surface area contributed by atoms with Gasteiger partial charge in [0.15, 0.2) is 11.8 Å². The number of unbranched alkanes of at least 4 members (excludes halogenated alkanes) is 1. The van der Waals surface area contributed by atoms with E-state index in [0.29, 0.717) is 12.5 Å². The van der Waals surface area contributed by atoms with Crippen LogP contribution in [0.4, 0.5) is 0 Å². The predicted octanol–water partition coefficient (Wildman–Crippen LogP) is 2.82. The molecule has 2 heterocycles. The summed E-state index contributed by atoms with van der Waals surface area (Å²) in [6, 6.07) is 4.28. The average molecular weight is 349 g/mol. The fraction of sp³-hybridized carbons (Fsp3) is 0.588. The first kappa shape index (κ1) is 18.4. The highest BCUT2D eigenvalue weighted by atomic mass is 32.1. The van der Waals surface area contributed by atoms with Gasteiger partial charge in [-0.1, -0.05) is 26.3 Å². The van der Waals surface area contributed by atoms with Gasteiger partial charge in [0.1, 0.15) is 12.4 Å². The van der Waals surface area contributed by atoms with E-state index < -0.39 is 0 Å². The number of aliphatic imine (C=N–C) groups is 1. The Kier molecular flexibility index (Phi) is 7.24. The molecule has 132 valence electrons. The second-order valence-electron chi connectivity index (χ2n) is 5.96. The molecule has 2 rings (SSSR count). The van der Waals surface area contributed by atoms with Crippen LogP contribution in [0, 0.1) is 6.92 Å². The molecule has 2 aromatic rings. The Morgan fingerprint density at radius 2 is 2.21 bits per heavy atom. The van der Waals surface area contributed by atoms with Gasteiger partial charge in [0, 0.05) is 30.9 Å². The zero-order valence-electron chi connectivity index (χ0n) is 15.0. The lowest BCUT2D eigenvalue weighted by Crippen LogP contribution is -2.39. The van der Waals surface area contributed by atoms with Crippen molar-refractivity contribution in [3.05, 3.63) is 34.0 Å². The van der Waals surface area contributed by atoms with Crippen molar-refractivity contribution in [2.75, 3.05) is 13.1 Å². The summed E-state index contributed by atoms with van der Waals surface area (Å²) in [7, 11) is 1.97. The smallest absolute Gasteiger partial charge is 0.191 e. The lowest BCUT2D eigenvalue weighted by atomic mass is 10.1. The normalized spacial score (nSPS) is 13.1. The van der Waals surface area contributed by atoms with Crippen molar-refractivity contribution >= 4 is 17.3 Å². The van der Waals surface area contributed by atoms with Crippen molar-refractivity contribution < 1.29 is 0 Å². The summed E-state index contributed by atoms with van der Waals surface area (Å²) in [6.45, 7) is 8.67. The Labute approximate surface area is 148 Å². The number of aromatic nitrogens is 3. The van der Waals surface area contributed by atoms with Crippen LogP contribution in [0.15, 0.2) is 22.5 Å². The van der Waals surface area contributed by atoms with E-state index in [9.17, 15) is 0 Å². The highest BCUT2D eigenvalue weighted by molar-refractivity contribution is 7.10. The van der Waals surface area contributed by atoms with E-state index >= 15 is 0 Å². The molecule has 0 bridgehead atoms. The van der Waals surface area contributed by atoms with E-state index in [4.69, 9.17) is 0 Å². The minimum absolute atomic E-state index is 0.459. The molecule has 2 aromatic heterocycles. The molecule has 0 spiro atoms. The Morgan fingerprint density at radius 1 is 1.38 bits per heavy atom. The van der Waals surface area contributed by atoms with E-state index in [2.05, 4.69) is 57.2 Å². The quantitative estimate of drug-likeness (QED) is 0.437. The Bertz CT molecular complexity index is 632. The molecule has 6 nitrogen and oxygen atoms in total. The largest absolute Gasteiger partial charge is 0.356 e. The molecule has 0 aliphatic heterocycles. The third-order valence-electron chi connectivity index (χ3n) is 3.99. The van der Waals surface area contributed by atoms with Crippen molar-refractivity contribution in [2.45, 2.75) is 46.1 Å². The minimum atomic E-state index is 0.459. The third-order valence-corrected chi connectivity index (χ3v) is 5.09. The summed E-state index contributed by atoms with van der Waals surface area (Å²) < 4.78 is 1.97. The molecule has 0 aliphatic rings. The first-order valence-corrected chi connectivity index (χ1v) is 9.40. The molecule has 0 radical (unpaired) electrons. The van der Waals surface area contributed by atoms with Crippen LogP contribution in [0.1, 0.15) is 49.1 Å². The third kappa shape index (κ3) is 5.33. The van der Waals surface area contributed by atoms with E-state index in [1.54, 1.807) is 11.3 Å². The molecular weight excluding hydrogens is 320 g/mol. The molecule has 0 saturated heterocycles. The Morgan fingerprint density at radius 3 is 2.83 bits per heavy atom. The average Bonchev–Trinajstić information content (AvgIpc) is 3.22. The maximum absolute atomic E-state index is 4.67. The summed E-state index contributed by atoms with van der Waals surface area (Å²) in [6.07, 6.45) is 2.29. The number of guanidine groups is 1. The Balaban J connectivity index is 1.95. The molecule has 2 N–H and O–H groups in total. The van der Waals surface area contributed by atoms with Crippen molar-refractivity contribution in [1.82, 2.24) is 25.4 Å². The van der Waals surface area contributed by atoms with Gasteiger partial charge in [0.2, 0.25) is 0 Å². The molecule has 0 saturated carbocycles. The van der Waals surface area contributed by atoms with Crippen LogP contribution in [-0.2, 0) is 13.6 Å². The number of thiophene rings is 1. The maximum atomic E-state index is 4.67. The molecule has 0 aromatic carbocycles. The van der Waals surface area contributed by atoms with Crippen LogP contribution in [0.5, 0.6) is 0 Å². The molecule has 0 amide bonds. The van der Waals surface area contributed by atoms with Crippen LogP contribution in [0.3, 0.4) is 0 Å². The summed E-state index contributed by atoms with van der Waals surface area (Å²) in [5, 5.41) is 17.2. The number of rotatable bonds is 8. The SMILES string of the molecule is CCCCNC(=NCc1nnc(C)n1C)NCC(C)c1cccs1. The number of hydrogen-bond donors (Lipinski definition) is 2. The molecule has 1 unspecified atom stereocenters. The Hall–Kier alpha value is -1.89. The predicted molar refractivity (Wildman–Crippen MR) is 101 cm³/mol. The second-order valence-corrected chi connectivity index (χ2v) is 6.94. The van der Waals surface area contributed by atoms with Gasteiger partial charge in [0.05, 0.1) is 0 Å². The van der Waals surface area contributed by atoms with Crippen molar-refractivity contribution in [1.29, 1.82) is 0 Å². The fourth-order valence-corrected chi connectivity index (χ4v) is 3.01. The van der Waals surface area contributed by atoms with E-state index in [1.807, 2.05) is 18.5 Å². The molecule has 24 heavy (non-hydrogen) atoms. The van der Waals surface area contributed by atoms with Crippen molar-refractivity contribution in [3.8, 4) is 0 Å². The highest BCUT2D eigenvalue weighted by Gasteiger charge is 2.09. The van der Waals surface area contributed by atoms with Crippen molar-refractivity contribution in [2.24, 2.45) is 12.0 Å². The van der Waals surface area contributed by atoms with Crippen LogP contribution in [-0.4, -0.2) is 33.8 Å². The molecule has 0 fully saturated rings. The summed E-state index contributed by atoms with van der Waals surface area (Å²) >= 11 is 1.80. The number of nitrogens with one attached hydrogen (secondary N) is 2. The first-order chi connectivity index (χ1) is 11.6. The van der Waals surface area contributed by atoms with Crippen LogP contribution in [0.25, 0.3) is 0 Å². The number of nitrogens with zero attached hydrogens (tertiary/aromatic N) is 4. The van der Waals surface area contributed by atoms with Gasteiger partial charge >= 0.3 is 0 Å². The van der Waals surface area contributed by atoms with Crippen molar-refractivity contribution in [3.63, 3.8) is 0 Å². The lowest BCUT2D eigenvalue weighted by Gasteiger charge is -2.15. The van der Waals surface area contributed by atoms with Crippen LogP contribution in [0.2, 0.25) is 0 Å². The minimum Gasteiger partial charge on any atom is -0.356 e. The molecule has 0 aliphatic carbocycles. The van der Waals surface area contributed by atoms with E-state index in [-0.39, 0.29) is 0 Å². The van der Waals surface area contributed by atoms with Gasteiger partial charge in [0.25, 0.3) is 0 Å². The fourth-order valence-electron chi connectivity index (χ4n) is 2.22. The number of aryl methyl sites for hydroxylation is 1. The first-order valence-electron chi connectivity index (χ1n) is 8.52. The van der Waals surface area contributed by atoms with Gasteiger partial charge in [-0.25, -0.2) is 4.99 Å². The van der Waals surface area contributed by atoms with Gasteiger partial charge in [-0.15, -0.1) is 21.5 Å². The highest BCUT2D eigenvalue weighted by Crippen LogP contribution is 2.19. The maximum Gasteiger partial charge on any atom is 0.191 e. The molecule has 7 heteroatoms. The van der Waals surface area contributed by atoms with Gasteiger partial charge in [-0.05, 0) is 24.8 Å². The molecule has 1 atom stereocenters. The van der Waals surface area contributed by atoms with Gasteiger partial charge in [-0.3, -0.25) is 0 Å². The van der Waals surface area contributed by atoms with E-state index in [0.717, 1.165) is 43.5 Å². The standard InChI is InChI=1S/C17H28N6S/c1-5-6-9-18-17(19-11-13(2)15-8-7-10-24-15)20-12-16-22-21-14(3)23(16)4/h7-8,10,13H,5-6,9,11-12H2,1-4H3,(H2,18,19,20). The topological polar surface area (TPSA) is 67.1 Å². The monoisotopic (exact) mass is 348 g/mol. The summed E-state index contributed by atoms with van der Waals surface area (Å²) in [5.74, 6) is 3.07. The van der Waals surface area contributed by atoms with Gasteiger partial charge in [-0.2, -0.15) is 0 Å². The van der Waals surface area contributed by atoms with Gasteiger partial charge < -0.3 is 15.2 Å². The second kappa shape index (κ2) is 9.42. The summed E-state index contributed by atoms with van der Waals surface area (Å²) in [5.41, 5.74) is 0. The number of hydrogen-bond acceptors (Lipinski definition) is 4.